The van der Waals surface area contributed by atoms with Gasteiger partial charge in [-0.15, -0.1) is 0 Å². The van der Waals surface area contributed by atoms with Gasteiger partial charge in [-0.1, -0.05) is 57.6 Å². The molecule has 0 radical (unpaired) electrons. The predicted molar refractivity (Wildman–Crippen MR) is 57.2 cm³/mol. The van der Waals surface area contributed by atoms with Crippen LogP contribution in [0.25, 0.3) is 0 Å². The molecular weight excluding hydrogens is 144 g/mol. The Kier molecular flexibility index (Phi) is 7.78. The first kappa shape index (κ1) is 11.2. The first-order valence-electron chi connectivity index (χ1n) is 4.88. The van der Waals surface area contributed by atoms with Gasteiger partial charge in [0.05, 0.1) is 0 Å². The molecule has 0 spiro atoms. The lowest BCUT2D eigenvalue weighted by Gasteiger charge is -1.96. The van der Waals surface area contributed by atoms with E-state index in [1.807, 2.05) is 0 Å². The maximum Gasteiger partial charge on any atom is -0.0163 e. The maximum atomic E-state index is 2.23. The molecule has 0 bridgehead atoms. The summed E-state index contributed by atoms with van der Waals surface area (Å²) in [7, 11) is 0. The molecule has 1 rings (SSSR count). The van der Waals surface area contributed by atoms with Gasteiger partial charge in [0.15, 0.2) is 0 Å². The van der Waals surface area contributed by atoms with E-state index in [1.54, 1.807) is 0 Å². The minimum atomic E-state index is 1.10. The highest BCUT2D eigenvalue weighted by atomic mass is 13.9. The molecular formula is C12H20. The van der Waals surface area contributed by atoms with E-state index in [-0.39, 0.29) is 0 Å². The first-order valence-corrected chi connectivity index (χ1v) is 4.88. The van der Waals surface area contributed by atoms with Crippen molar-refractivity contribution in [1.29, 1.82) is 0 Å². The van der Waals surface area contributed by atoms with Crippen LogP contribution in [0.4, 0.5) is 0 Å². The third kappa shape index (κ3) is 5.96. The second kappa shape index (κ2) is 8.32. The summed E-state index contributed by atoms with van der Waals surface area (Å²) in [5.74, 6) is 0. The molecule has 0 saturated heterocycles. The van der Waals surface area contributed by atoms with Gasteiger partial charge < -0.3 is 0 Å². The van der Waals surface area contributed by atoms with E-state index in [0.717, 1.165) is 12.8 Å². The Morgan fingerprint density at radius 3 is 2.08 bits per heavy atom. The highest BCUT2D eigenvalue weighted by Gasteiger charge is 1.87. The zero-order valence-corrected chi connectivity index (χ0v) is 8.51. The summed E-state index contributed by atoms with van der Waals surface area (Å²) in [6, 6.07) is 0. The van der Waals surface area contributed by atoms with Crippen molar-refractivity contribution in [1.82, 2.24) is 0 Å². The molecule has 0 heterocycles. The molecule has 0 aromatic carbocycles. The van der Waals surface area contributed by atoms with E-state index >= 15 is 0 Å². The molecule has 0 aliphatic heterocycles. The van der Waals surface area contributed by atoms with Crippen molar-refractivity contribution in [2.75, 3.05) is 0 Å². The highest BCUT2D eigenvalue weighted by Crippen LogP contribution is 2.07. The summed E-state index contributed by atoms with van der Waals surface area (Å²) in [5, 5.41) is 0. The summed E-state index contributed by atoms with van der Waals surface area (Å²) >= 11 is 0. The van der Waals surface area contributed by atoms with Crippen molar-refractivity contribution in [3.05, 3.63) is 36.0 Å². The van der Waals surface area contributed by atoms with E-state index < -0.39 is 0 Å². The lowest BCUT2D eigenvalue weighted by molar-refractivity contribution is 1.09. The van der Waals surface area contributed by atoms with Crippen LogP contribution in [0, 0.1) is 0 Å². The van der Waals surface area contributed by atoms with Crippen LogP contribution in [-0.2, 0) is 0 Å². The Bertz CT molecular complexity index is 156. The van der Waals surface area contributed by atoms with E-state index in [4.69, 9.17) is 0 Å². The van der Waals surface area contributed by atoms with Gasteiger partial charge in [-0.3, -0.25) is 0 Å². The van der Waals surface area contributed by atoms with Gasteiger partial charge in [0.2, 0.25) is 0 Å². The monoisotopic (exact) mass is 164 g/mol. The van der Waals surface area contributed by atoms with E-state index in [0.29, 0.717) is 0 Å². The zero-order valence-electron chi connectivity index (χ0n) is 8.51. The topological polar surface area (TPSA) is 0 Å². The Balaban J connectivity index is 0.000000354. The summed E-state index contributed by atoms with van der Waals surface area (Å²) in [4.78, 5) is 0. The summed E-state index contributed by atoms with van der Waals surface area (Å²) < 4.78 is 0. The minimum absolute atomic E-state index is 1.10. The third-order valence-electron chi connectivity index (χ3n) is 1.33. The molecule has 0 heteroatoms. The second-order valence-corrected chi connectivity index (χ2v) is 2.86. The van der Waals surface area contributed by atoms with Crippen molar-refractivity contribution in [2.24, 2.45) is 0 Å². The average Bonchev–Trinajstić information content (AvgIpc) is 2.08. The van der Waals surface area contributed by atoms with Crippen molar-refractivity contribution < 1.29 is 0 Å². The molecule has 0 saturated carbocycles. The molecule has 1 aliphatic carbocycles. The van der Waals surface area contributed by atoms with Crippen LogP contribution < -0.4 is 0 Å². The standard InChI is InChI=1S/C9H12.C3H8/c1-2-6-9-7-4-3-5-8-9;1-3-2/h4-8H,2-3H2,1H3;3H2,1-2H3. The zero-order chi connectivity index (χ0) is 9.23. The highest BCUT2D eigenvalue weighted by molar-refractivity contribution is 5.33. The number of hydrogen-bond donors (Lipinski definition) is 0. The maximum absolute atomic E-state index is 2.23. The molecule has 0 unspecified atom stereocenters. The lowest BCUT2D eigenvalue weighted by Crippen LogP contribution is -1.76. The van der Waals surface area contributed by atoms with Crippen molar-refractivity contribution in [3.8, 4) is 0 Å². The van der Waals surface area contributed by atoms with Crippen molar-refractivity contribution in [3.63, 3.8) is 0 Å². The van der Waals surface area contributed by atoms with E-state index in [2.05, 4.69) is 51.2 Å². The second-order valence-electron chi connectivity index (χ2n) is 2.86. The van der Waals surface area contributed by atoms with Gasteiger partial charge in [0.1, 0.15) is 0 Å². The fraction of sp³-hybridized carbons (Fsp3) is 0.500. The third-order valence-corrected chi connectivity index (χ3v) is 1.33. The smallest absolute Gasteiger partial charge is 0.0163 e. The molecule has 0 fully saturated rings. The number of allylic oxidation sites excluding steroid dienone is 6. The van der Waals surface area contributed by atoms with Crippen LogP contribution in [0.3, 0.4) is 0 Å². The van der Waals surface area contributed by atoms with E-state index in [9.17, 15) is 0 Å². The average molecular weight is 164 g/mol. The van der Waals surface area contributed by atoms with Gasteiger partial charge in [-0.05, 0) is 18.4 Å². The minimum Gasteiger partial charge on any atom is -0.0802 e. The normalized spacial score (nSPS) is 13.8. The van der Waals surface area contributed by atoms with Crippen LogP contribution >= 0.6 is 0 Å². The molecule has 0 aromatic heterocycles. The van der Waals surface area contributed by atoms with Crippen molar-refractivity contribution >= 4 is 0 Å². The summed E-state index contributed by atoms with van der Waals surface area (Å²) in [5.41, 5.74) is 1.35. The van der Waals surface area contributed by atoms with Crippen molar-refractivity contribution in [2.45, 2.75) is 40.0 Å². The van der Waals surface area contributed by atoms with Crippen LogP contribution in [0.5, 0.6) is 0 Å². The van der Waals surface area contributed by atoms with Crippen LogP contribution in [0.15, 0.2) is 36.0 Å². The molecule has 0 N–H and O–H groups in total. The van der Waals surface area contributed by atoms with Crippen LogP contribution in [-0.4, -0.2) is 0 Å². The van der Waals surface area contributed by atoms with E-state index in [1.165, 1.54) is 12.0 Å². The summed E-state index contributed by atoms with van der Waals surface area (Å²) in [6.45, 7) is 6.41. The Hall–Kier alpha value is -0.780. The van der Waals surface area contributed by atoms with Gasteiger partial charge >= 0.3 is 0 Å². The van der Waals surface area contributed by atoms with Gasteiger partial charge in [-0.25, -0.2) is 0 Å². The Morgan fingerprint density at radius 2 is 1.67 bits per heavy atom. The Labute approximate surface area is 76.7 Å². The molecule has 0 amide bonds. The summed E-state index contributed by atoms with van der Waals surface area (Å²) in [6.07, 6.45) is 14.4. The number of rotatable bonds is 1. The van der Waals surface area contributed by atoms with Crippen LogP contribution in [0.1, 0.15) is 40.0 Å². The fourth-order valence-electron chi connectivity index (χ4n) is 0.914. The SMILES string of the molecule is CCC.CCC=C1C=CCC=C1. The molecule has 68 valence electrons. The fourth-order valence-corrected chi connectivity index (χ4v) is 0.914. The quantitative estimate of drug-likeness (QED) is 0.543. The van der Waals surface area contributed by atoms with Crippen LogP contribution in [0.2, 0.25) is 0 Å². The molecule has 1 aliphatic rings. The van der Waals surface area contributed by atoms with Gasteiger partial charge in [-0.2, -0.15) is 0 Å². The molecule has 0 aromatic rings. The predicted octanol–water partition coefficient (Wildman–Crippen LogP) is 4.26. The largest absolute Gasteiger partial charge is 0.0802 e. The molecule has 0 atom stereocenters. The molecule has 12 heavy (non-hydrogen) atoms. The van der Waals surface area contributed by atoms with Gasteiger partial charge in [0, 0.05) is 0 Å². The van der Waals surface area contributed by atoms with Gasteiger partial charge in [0.25, 0.3) is 0 Å². The number of hydrogen-bond acceptors (Lipinski definition) is 0. The molecule has 0 nitrogen and oxygen atoms in total. The lowest BCUT2D eigenvalue weighted by atomic mass is 10.1. The first-order chi connectivity index (χ1) is 5.85. The Morgan fingerprint density at radius 1 is 1.17 bits per heavy atom.